The minimum Gasteiger partial charge on any atom is -0.491 e. The predicted molar refractivity (Wildman–Crippen MR) is 125 cm³/mol. The number of aryl methyl sites for hydroxylation is 2. The summed E-state index contributed by atoms with van der Waals surface area (Å²) in [6.45, 7) is 3.70. The van der Waals surface area contributed by atoms with Crippen LogP contribution in [0.25, 0.3) is 11.1 Å². The van der Waals surface area contributed by atoms with E-state index >= 15 is 0 Å². The molecule has 3 aromatic rings. The zero-order chi connectivity index (χ0) is 23.8. The van der Waals surface area contributed by atoms with Crippen molar-refractivity contribution < 1.29 is 19.7 Å². The molecule has 1 heterocycles. The fourth-order valence-electron chi connectivity index (χ4n) is 3.29. The summed E-state index contributed by atoms with van der Waals surface area (Å²) < 4.78 is 5.61. The number of amides is 1. The van der Waals surface area contributed by atoms with Crippen LogP contribution in [-0.4, -0.2) is 47.0 Å². The molecule has 3 N–H and O–H groups in total. The van der Waals surface area contributed by atoms with E-state index < -0.39 is 12.7 Å². The molecule has 0 aliphatic carbocycles. The van der Waals surface area contributed by atoms with E-state index in [-0.39, 0.29) is 12.5 Å². The van der Waals surface area contributed by atoms with Gasteiger partial charge >= 0.3 is 0 Å². The van der Waals surface area contributed by atoms with Gasteiger partial charge in [0.2, 0.25) is 0 Å². The van der Waals surface area contributed by atoms with Crippen molar-refractivity contribution in [3.8, 4) is 22.9 Å². The zero-order valence-corrected chi connectivity index (χ0v) is 18.7. The third-order valence-corrected chi connectivity index (χ3v) is 5.10. The van der Waals surface area contributed by atoms with Gasteiger partial charge in [-0.05, 0) is 72.9 Å². The zero-order valence-electron chi connectivity index (χ0n) is 18.7. The van der Waals surface area contributed by atoms with Crippen LogP contribution in [0.2, 0.25) is 0 Å². The standard InChI is InChI=1S/C26H27N3O4/c1-17-3-6-25(22(9-17)13-27)20-10-21(12-24(11-20)33-16-23(31)15-30)26(32)28-8-7-19-5-4-18(2)29-14-19/h3-6,9-12,14,23,30-31H,7-8,15-16H2,1-2H3,(H,28,32). The van der Waals surface area contributed by atoms with Gasteiger partial charge in [0.05, 0.1) is 18.2 Å². The number of carbonyl (C=O) groups excluding carboxylic acids is 1. The van der Waals surface area contributed by atoms with Crippen molar-refractivity contribution in [2.45, 2.75) is 26.4 Å². The fraction of sp³-hybridized carbons (Fsp3) is 0.269. The normalized spacial score (nSPS) is 11.5. The summed E-state index contributed by atoms with van der Waals surface area (Å²) in [5.41, 5.74) is 5.10. The Hall–Kier alpha value is -3.73. The second-order valence-corrected chi connectivity index (χ2v) is 7.87. The van der Waals surface area contributed by atoms with Crippen LogP contribution in [0.1, 0.15) is 32.7 Å². The van der Waals surface area contributed by atoms with Crippen LogP contribution in [0.3, 0.4) is 0 Å². The number of nitriles is 1. The Bertz CT molecular complexity index is 1150. The summed E-state index contributed by atoms with van der Waals surface area (Å²) in [6.07, 6.45) is 1.39. The average Bonchev–Trinajstić information content (AvgIpc) is 2.83. The maximum absolute atomic E-state index is 12.9. The lowest BCUT2D eigenvalue weighted by Crippen LogP contribution is -2.26. The van der Waals surface area contributed by atoms with Gasteiger partial charge in [-0.3, -0.25) is 9.78 Å². The van der Waals surface area contributed by atoms with Gasteiger partial charge in [-0.1, -0.05) is 18.2 Å². The second kappa shape index (κ2) is 11.2. The molecule has 1 atom stereocenters. The maximum Gasteiger partial charge on any atom is 0.251 e. The Balaban J connectivity index is 1.84. The minimum atomic E-state index is -1.04. The van der Waals surface area contributed by atoms with E-state index in [1.165, 1.54) is 0 Å². The molecular weight excluding hydrogens is 418 g/mol. The van der Waals surface area contributed by atoms with Crippen LogP contribution in [0.5, 0.6) is 5.75 Å². The van der Waals surface area contributed by atoms with E-state index in [1.54, 1.807) is 30.5 Å². The lowest BCUT2D eigenvalue weighted by Gasteiger charge is -2.14. The number of hydrogen-bond donors (Lipinski definition) is 3. The van der Waals surface area contributed by atoms with Gasteiger partial charge in [-0.2, -0.15) is 5.26 Å². The summed E-state index contributed by atoms with van der Waals surface area (Å²) in [5.74, 6) is 0.0763. The number of nitrogens with one attached hydrogen (secondary N) is 1. The lowest BCUT2D eigenvalue weighted by molar-refractivity contribution is 0.0536. The van der Waals surface area contributed by atoms with Crippen LogP contribution in [-0.2, 0) is 6.42 Å². The van der Waals surface area contributed by atoms with Gasteiger partial charge in [0, 0.05) is 24.0 Å². The second-order valence-electron chi connectivity index (χ2n) is 7.87. The van der Waals surface area contributed by atoms with Crippen LogP contribution in [0, 0.1) is 25.2 Å². The predicted octanol–water partition coefficient (Wildman–Crippen LogP) is 2.94. The number of benzene rings is 2. The van der Waals surface area contributed by atoms with Crippen molar-refractivity contribution in [3.63, 3.8) is 0 Å². The summed E-state index contributed by atoms with van der Waals surface area (Å²) >= 11 is 0. The summed E-state index contributed by atoms with van der Waals surface area (Å²) in [7, 11) is 0. The van der Waals surface area contributed by atoms with E-state index in [4.69, 9.17) is 9.84 Å². The molecule has 1 unspecified atom stereocenters. The largest absolute Gasteiger partial charge is 0.491 e. The van der Waals surface area contributed by atoms with Gasteiger partial charge in [-0.25, -0.2) is 0 Å². The minimum absolute atomic E-state index is 0.125. The topological polar surface area (TPSA) is 115 Å². The van der Waals surface area contributed by atoms with Crippen LogP contribution >= 0.6 is 0 Å². The van der Waals surface area contributed by atoms with Gasteiger partial charge in [-0.15, -0.1) is 0 Å². The molecular formula is C26H27N3O4. The number of ether oxygens (including phenoxy) is 1. The van der Waals surface area contributed by atoms with Crippen molar-refractivity contribution in [2.75, 3.05) is 19.8 Å². The smallest absolute Gasteiger partial charge is 0.251 e. The molecule has 0 fully saturated rings. The fourth-order valence-corrected chi connectivity index (χ4v) is 3.29. The van der Waals surface area contributed by atoms with E-state index in [9.17, 15) is 15.2 Å². The monoisotopic (exact) mass is 445 g/mol. The Kier molecular flexibility index (Phi) is 8.14. The number of pyridine rings is 1. The Morgan fingerprint density at radius 2 is 2.00 bits per heavy atom. The third-order valence-electron chi connectivity index (χ3n) is 5.10. The number of carbonyl (C=O) groups is 1. The first-order valence-corrected chi connectivity index (χ1v) is 10.7. The molecule has 0 saturated carbocycles. The van der Waals surface area contributed by atoms with E-state index in [0.717, 1.165) is 16.8 Å². The number of rotatable bonds is 9. The molecule has 1 aromatic heterocycles. The highest BCUT2D eigenvalue weighted by Crippen LogP contribution is 2.29. The Morgan fingerprint density at radius 3 is 2.70 bits per heavy atom. The Morgan fingerprint density at radius 1 is 1.18 bits per heavy atom. The van der Waals surface area contributed by atoms with Gasteiger partial charge in [0.15, 0.2) is 0 Å². The quantitative estimate of drug-likeness (QED) is 0.466. The number of aliphatic hydroxyl groups excluding tert-OH is 2. The van der Waals surface area contributed by atoms with Crippen molar-refractivity contribution in [1.82, 2.24) is 10.3 Å². The number of aliphatic hydroxyl groups is 2. The first-order valence-electron chi connectivity index (χ1n) is 10.7. The maximum atomic E-state index is 12.9. The highest BCUT2D eigenvalue weighted by atomic mass is 16.5. The number of nitrogens with zero attached hydrogens (tertiary/aromatic N) is 2. The van der Waals surface area contributed by atoms with Crippen LogP contribution in [0.15, 0.2) is 54.7 Å². The highest BCUT2D eigenvalue weighted by Gasteiger charge is 2.14. The highest BCUT2D eigenvalue weighted by molar-refractivity contribution is 5.96. The number of aromatic nitrogens is 1. The molecule has 0 bridgehead atoms. The van der Waals surface area contributed by atoms with Gasteiger partial charge in [0.25, 0.3) is 5.91 Å². The first kappa shape index (κ1) is 23.9. The Labute approximate surface area is 193 Å². The molecule has 0 radical (unpaired) electrons. The SMILES string of the molecule is Cc1ccc(-c2cc(OCC(O)CO)cc(C(=O)NCCc3ccc(C)nc3)c2)c(C#N)c1. The van der Waals surface area contributed by atoms with Crippen LogP contribution in [0.4, 0.5) is 0 Å². The third kappa shape index (κ3) is 6.62. The van der Waals surface area contributed by atoms with Crippen molar-refractivity contribution in [2.24, 2.45) is 0 Å². The average molecular weight is 446 g/mol. The molecule has 2 aromatic carbocycles. The van der Waals surface area contributed by atoms with Crippen molar-refractivity contribution in [3.05, 3.63) is 82.7 Å². The lowest BCUT2D eigenvalue weighted by atomic mass is 9.96. The van der Waals surface area contributed by atoms with E-state index in [0.29, 0.717) is 41.0 Å². The number of hydrogen-bond acceptors (Lipinski definition) is 6. The molecule has 1 amide bonds. The van der Waals surface area contributed by atoms with E-state index in [1.807, 2.05) is 38.1 Å². The molecule has 0 aliphatic rings. The first-order chi connectivity index (χ1) is 15.9. The molecule has 3 rings (SSSR count). The molecule has 33 heavy (non-hydrogen) atoms. The van der Waals surface area contributed by atoms with Gasteiger partial charge < -0.3 is 20.3 Å². The van der Waals surface area contributed by atoms with E-state index in [2.05, 4.69) is 16.4 Å². The molecule has 7 nitrogen and oxygen atoms in total. The molecule has 7 heteroatoms. The molecule has 0 aliphatic heterocycles. The molecule has 0 saturated heterocycles. The van der Waals surface area contributed by atoms with Gasteiger partial charge in [0.1, 0.15) is 18.5 Å². The summed E-state index contributed by atoms with van der Waals surface area (Å²) in [5, 5.41) is 31.2. The summed E-state index contributed by atoms with van der Waals surface area (Å²) in [6, 6.07) is 16.6. The van der Waals surface area contributed by atoms with Crippen molar-refractivity contribution >= 4 is 5.91 Å². The van der Waals surface area contributed by atoms with Crippen LogP contribution < -0.4 is 10.1 Å². The summed E-state index contributed by atoms with van der Waals surface area (Å²) in [4.78, 5) is 17.2. The molecule has 0 spiro atoms. The molecule has 170 valence electrons. The van der Waals surface area contributed by atoms with Crippen molar-refractivity contribution in [1.29, 1.82) is 5.26 Å².